The Morgan fingerprint density at radius 1 is 1.58 bits per heavy atom. The van der Waals surface area contributed by atoms with Crippen LogP contribution in [0.5, 0.6) is 0 Å². The molecule has 0 radical (unpaired) electrons. The summed E-state index contributed by atoms with van der Waals surface area (Å²) in [6, 6.07) is 6.07. The summed E-state index contributed by atoms with van der Waals surface area (Å²) in [7, 11) is 0. The molecule has 0 aromatic heterocycles. The Labute approximate surface area is 126 Å². The number of aliphatic hydroxyl groups is 1. The molecule has 5 heteroatoms. The van der Waals surface area contributed by atoms with Crippen LogP contribution in [0.2, 0.25) is 0 Å². The van der Waals surface area contributed by atoms with Crippen LogP contribution in [0.15, 0.2) is 27.6 Å². The maximum Gasteiger partial charge on any atom is 0.233 e. The minimum atomic E-state index is -0.350. The third-order valence-corrected chi connectivity index (χ3v) is 4.89. The van der Waals surface area contributed by atoms with E-state index < -0.39 is 0 Å². The second-order valence-electron chi connectivity index (χ2n) is 4.83. The van der Waals surface area contributed by atoms with Crippen LogP contribution in [-0.4, -0.2) is 40.9 Å². The number of likely N-dealkylation sites (tertiary alicyclic amines) is 1. The van der Waals surface area contributed by atoms with Gasteiger partial charge in [-0.25, -0.2) is 0 Å². The summed E-state index contributed by atoms with van der Waals surface area (Å²) in [5.41, 5.74) is 1.17. The summed E-state index contributed by atoms with van der Waals surface area (Å²) in [6.07, 6.45) is 1.36. The number of hydrogen-bond donors (Lipinski definition) is 1. The molecule has 1 fully saturated rings. The van der Waals surface area contributed by atoms with Gasteiger partial charge in [0.25, 0.3) is 0 Å². The third-order valence-electron chi connectivity index (χ3n) is 3.24. The number of aryl methyl sites for hydroxylation is 1. The predicted octanol–water partition coefficient (Wildman–Crippen LogP) is 2.83. The number of halogens is 1. The maximum atomic E-state index is 12.1. The van der Waals surface area contributed by atoms with Gasteiger partial charge in [-0.1, -0.05) is 15.9 Å². The summed E-state index contributed by atoms with van der Waals surface area (Å²) in [4.78, 5) is 15.0. The molecule has 104 valence electrons. The summed E-state index contributed by atoms with van der Waals surface area (Å²) >= 11 is 5.00. The van der Waals surface area contributed by atoms with E-state index in [4.69, 9.17) is 0 Å². The van der Waals surface area contributed by atoms with Crippen LogP contribution in [-0.2, 0) is 4.79 Å². The Morgan fingerprint density at radius 3 is 3.05 bits per heavy atom. The minimum absolute atomic E-state index is 0.117. The van der Waals surface area contributed by atoms with Gasteiger partial charge in [-0.15, -0.1) is 11.8 Å². The van der Waals surface area contributed by atoms with Crippen LogP contribution in [0.25, 0.3) is 0 Å². The van der Waals surface area contributed by atoms with Gasteiger partial charge in [0.1, 0.15) is 0 Å². The third kappa shape index (κ3) is 4.23. The Morgan fingerprint density at radius 2 is 2.37 bits per heavy atom. The lowest BCUT2D eigenvalue weighted by molar-refractivity contribution is -0.131. The molecular weight excluding hydrogens is 326 g/mol. The minimum Gasteiger partial charge on any atom is -0.391 e. The molecule has 1 saturated heterocycles. The van der Waals surface area contributed by atoms with Crippen LogP contribution < -0.4 is 0 Å². The van der Waals surface area contributed by atoms with Crippen LogP contribution in [0.4, 0.5) is 0 Å². The number of nitrogens with zero attached hydrogens (tertiary/aromatic N) is 1. The number of carbonyl (C=O) groups excluding carboxylic acids is 1. The Balaban J connectivity index is 1.89. The molecule has 0 bridgehead atoms. The highest BCUT2D eigenvalue weighted by Crippen LogP contribution is 2.25. The standard InChI is InChI=1S/C14H18BrNO2S/c1-10-7-11(15)4-5-13(10)19-9-14(18)16-6-2-3-12(17)8-16/h4-5,7,12,17H,2-3,6,8-9H2,1H3. The number of benzene rings is 1. The lowest BCUT2D eigenvalue weighted by Gasteiger charge is -2.30. The summed E-state index contributed by atoms with van der Waals surface area (Å²) in [5, 5.41) is 9.58. The molecule has 19 heavy (non-hydrogen) atoms. The molecule has 1 atom stereocenters. The summed E-state index contributed by atoms with van der Waals surface area (Å²) in [5.74, 6) is 0.556. The number of amides is 1. The number of piperidine rings is 1. The van der Waals surface area contributed by atoms with E-state index in [1.54, 1.807) is 16.7 Å². The first kappa shape index (κ1) is 14.9. The average Bonchev–Trinajstić information content (AvgIpc) is 2.37. The van der Waals surface area contributed by atoms with Crippen molar-refractivity contribution in [1.82, 2.24) is 4.90 Å². The molecule has 1 amide bonds. The van der Waals surface area contributed by atoms with E-state index >= 15 is 0 Å². The predicted molar refractivity (Wildman–Crippen MR) is 81.4 cm³/mol. The zero-order chi connectivity index (χ0) is 13.8. The topological polar surface area (TPSA) is 40.5 Å². The smallest absolute Gasteiger partial charge is 0.233 e. The monoisotopic (exact) mass is 343 g/mol. The number of carbonyl (C=O) groups is 1. The summed E-state index contributed by atoms with van der Waals surface area (Å²) in [6.45, 7) is 3.30. The summed E-state index contributed by atoms with van der Waals surface area (Å²) < 4.78 is 1.06. The number of rotatable bonds is 3. The van der Waals surface area contributed by atoms with Gasteiger partial charge in [0.2, 0.25) is 5.91 Å². The highest BCUT2D eigenvalue weighted by Gasteiger charge is 2.21. The van der Waals surface area contributed by atoms with Crippen molar-refractivity contribution in [3.8, 4) is 0 Å². The van der Waals surface area contributed by atoms with Gasteiger partial charge in [-0.05, 0) is 43.5 Å². The van der Waals surface area contributed by atoms with Gasteiger partial charge < -0.3 is 10.0 Å². The largest absolute Gasteiger partial charge is 0.391 e. The van der Waals surface area contributed by atoms with Crippen molar-refractivity contribution >= 4 is 33.6 Å². The van der Waals surface area contributed by atoms with E-state index in [2.05, 4.69) is 22.0 Å². The number of aliphatic hydroxyl groups excluding tert-OH is 1. The molecule has 1 unspecified atom stereocenters. The van der Waals surface area contributed by atoms with E-state index in [-0.39, 0.29) is 12.0 Å². The SMILES string of the molecule is Cc1cc(Br)ccc1SCC(=O)N1CCCC(O)C1. The molecule has 1 aromatic rings. The van der Waals surface area contributed by atoms with Crippen LogP contribution in [0.3, 0.4) is 0 Å². The number of thioether (sulfide) groups is 1. The molecule has 0 aliphatic carbocycles. The second kappa shape index (κ2) is 6.77. The van der Waals surface area contributed by atoms with E-state index in [1.165, 1.54) is 5.56 Å². The molecule has 3 nitrogen and oxygen atoms in total. The molecular formula is C14H18BrNO2S. The fraction of sp³-hybridized carbons (Fsp3) is 0.500. The quantitative estimate of drug-likeness (QED) is 0.858. The molecule has 1 heterocycles. The van der Waals surface area contributed by atoms with E-state index in [9.17, 15) is 9.90 Å². The molecule has 1 aromatic carbocycles. The fourth-order valence-corrected chi connectivity index (χ4v) is 3.57. The Kier molecular flexibility index (Phi) is 5.30. The van der Waals surface area contributed by atoms with Crippen LogP contribution in [0, 0.1) is 6.92 Å². The molecule has 2 rings (SSSR count). The average molecular weight is 344 g/mol. The highest BCUT2D eigenvalue weighted by atomic mass is 79.9. The second-order valence-corrected chi connectivity index (χ2v) is 6.77. The lowest BCUT2D eigenvalue weighted by atomic mass is 10.1. The normalized spacial score (nSPS) is 19.5. The van der Waals surface area contributed by atoms with Crippen LogP contribution in [0.1, 0.15) is 18.4 Å². The van der Waals surface area contributed by atoms with Gasteiger partial charge in [0.05, 0.1) is 11.9 Å². The Bertz CT molecular complexity index is 467. The van der Waals surface area contributed by atoms with Gasteiger partial charge >= 0.3 is 0 Å². The van der Waals surface area contributed by atoms with Crippen LogP contribution >= 0.6 is 27.7 Å². The zero-order valence-electron chi connectivity index (χ0n) is 10.9. The molecule has 1 aliphatic heterocycles. The molecule has 0 spiro atoms. The fourth-order valence-electron chi connectivity index (χ4n) is 2.19. The van der Waals surface area contributed by atoms with E-state index in [0.717, 1.165) is 28.8 Å². The van der Waals surface area contributed by atoms with Crippen molar-refractivity contribution in [1.29, 1.82) is 0 Å². The first-order chi connectivity index (χ1) is 9.06. The highest BCUT2D eigenvalue weighted by molar-refractivity contribution is 9.10. The van der Waals surface area contributed by atoms with Crippen molar-refractivity contribution in [3.63, 3.8) is 0 Å². The van der Waals surface area contributed by atoms with E-state index in [0.29, 0.717) is 12.3 Å². The van der Waals surface area contributed by atoms with Gasteiger partial charge in [-0.2, -0.15) is 0 Å². The Hall–Kier alpha value is -0.520. The van der Waals surface area contributed by atoms with Gasteiger partial charge in [0, 0.05) is 22.5 Å². The van der Waals surface area contributed by atoms with Gasteiger partial charge in [0.15, 0.2) is 0 Å². The number of β-amino-alcohol motifs (C(OH)–C–C–N with tert-alkyl or cyclic N) is 1. The number of hydrogen-bond acceptors (Lipinski definition) is 3. The molecule has 0 saturated carbocycles. The van der Waals surface area contributed by atoms with Crippen molar-refractivity contribution < 1.29 is 9.90 Å². The first-order valence-electron chi connectivity index (χ1n) is 6.41. The lowest BCUT2D eigenvalue weighted by Crippen LogP contribution is -2.42. The van der Waals surface area contributed by atoms with Crippen molar-refractivity contribution in [2.75, 3.05) is 18.8 Å². The zero-order valence-corrected chi connectivity index (χ0v) is 13.3. The van der Waals surface area contributed by atoms with Gasteiger partial charge in [-0.3, -0.25) is 4.79 Å². The maximum absolute atomic E-state index is 12.1. The van der Waals surface area contributed by atoms with Crippen molar-refractivity contribution in [2.45, 2.75) is 30.8 Å². The van der Waals surface area contributed by atoms with Crippen molar-refractivity contribution in [3.05, 3.63) is 28.2 Å². The molecule has 1 aliphatic rings. The van der Waals surface area contributed by atoms with E-state index in [1.807, 2.05) is 19.1 Å². The molecule has 1 N–H and O–H groups in total. The first-order valence-corrected chi connectivity index (χ1v) is 8.19. The van der Waals surface area contributed by atoms with Crippen molar-refractivity contribution in [2.24, 2.45) is 0 Å².